The van der Waals surface area contributed by atoms with Crippen molar-refractivity contribution in [3.05, 3.63) is 89.5 Å². The van der Waals surface area contributed by atoms with Gasteiger partial charge in [0, 0.05) is 12.3 Å². The van der Waals surface area contributed by atoms with E-state index in [0.717, 1.165) is 22.3 Å². The molecule has 12 heteroatoms. The molecule has 0 fully saturated rings. The Morgan fingerprint density at radius 2 is 1.23 bits per heavy atom. The number of carboxylic acid groups (broad SMARTS) is 1. The first kappa shape index (κ1) is 34.5. The van der Waals surface area contributed by atoms with Gasteiger partial charge in [-0.25, -0.2) is 24.2 Å². The quantitative estimate of drug-likeness (QED) is 0.0932. The molecular formula is C35H40N4O8. The predicted octanol–water partition coefficient (Wildman–Crippen LogP) is 5.49. The van der Waals surface area contributed by atoms with E-state index in [-0.39, 0.29) is 23.0 Å². The van der Waals surface area contributed by atoms with Gasteiger partial charge in [-0.1, -0.05) is 60.7 Å². The van der Waals surface area contributed by atoms with Crippen molar-refractivity contribution < 1.29 is 38.5 Å². The van der Waals surface area contributed by atoms with E-state index in [1.165, 1.54) is 65.8 Å². The van der Waals surface area contributed by atoms with Crippen LogP contribution in [-0.2, 0) is 30.2 Å². The van der Waals surface area contributed by atoms with Crippen molar-refractivity contribution in [1.82, 2.24) is 4.90 Å². The van der Waals surface area contributed by atoms with Crippen LogP contribution in [0.3, 0.4) is 0 Å². The van der Waals surface area contributed by atoms with Crippen LogP contribution in [0.2, 0.25) is 0 Å². The Kier molecular flexibility index (Phi) is 9.65. The molecule has 47 heavy (non-hydrogen) atoms. The van der Waals surface area contributed by atoms with Gasteiger partial charge in [0.05, 0.1) is 5.69 Å². The zero-order valence-electron chi connectivity index (χ0n) is 27.3. The van der Waals surface area contributed by atoms with Crippen molar-refractivity contribution in [1.29, 1.82) is 0 Å². The number of benzene rings is 3. The van der Waals surface area contributed by atoms with Gasteiger partial charge in [-0.3, -0.25) is 0 Å². The van der Waals surface area contributed by atoms with Gasteiger partial charge in [-0.2, -0.15) is 4.90 Å². The minimum absolute atomic E-state index is 0.197. The number of hydrogen-bond acceptors (Lipinski definition) is 8. The maximum atomic E-state index is 14.4. The fourth-order valence-electron chi connectivity index (χ4n) is 5.35. The fourth-order valence-corrected chi connectivity index (χ4v) is 5.35. The molecule has 12 nitrogen and oxygen atoms in total. The Balaban J connectivity index is 1.83. The third-order valence-electron chi connectivity index (χ3n) is 7.22. The number of nitrogens with zero attached hydrogens (tertiary/aromatic N) is 2. The van der Waals surface area contributed by atoms with Crippen LogP contribution in [0.5, 0.6) is 0 Å². The van der Waals surface area contributed by atoms with Crippen LogP contribution in [0.15, 0.2) is 77.8 Å². The van der Waals surface area contributed by atoms with E-state index in [0.29, 0.717) is 5.69 Å². The lowest BCUT2D eigenvalue weighted by Crippen LogP contribution is -2.67. The summed E-state index contributed by atoms with van der Waals surface area (Å²) in [4.78, 5) is 59.5. The lowest BCUT2D eigenvalue weighted by molar-refractivity contribution is -0.171. The van der Waals surface area contributed by atoms with Crippen molar-refractivity contribution in [2.75, 3.05) is 6.61 Å². The van der Waals surface area contributed by atoms with Crippen LogP contribution in [-0.4, -0.2) is 63.4 Å². The highest BCUT2D eigenvalue weighted by atomic mass is 16.6. The van der Waals surface area contributed by atoms with E-state index in [1.54, 1.807) is 0 Å². The molecule has 0 spiro atoms. The second-order valence-electron chi connectivity index (χ2n) is 13.2. The highest BCUT2D eigenvalue weighted by molar-refractivity contribution is 6.11. The number of carbonyl (C=O) groups excluding carboxylic acids is 3. The average molecular weight is 645 g/mol. The number of carboxylic acids is 1. The molecule has 0 saturated carbocycles. The predicted molar refractivity (Wildman–Crippen MR) is 175 cm³/mol. The molecule has 0 bridgehead atoms. The second kappa shape index (κ2) is 13.1. The molecular weight excluding hydrogens is 604 g/mol. The molecule has 0 unspecified atom stereocenters. The molecule has 0 aliphatic heterocycles. The number of imide groups is 1. The molecule has 0 heterocycles. The van der Waals surface area contributed by atoms with Crippen molar-refractivity contribution in [3.63, 3.8) is 0 Å². The highest BCUT2D eigenvalue weighted by Crippen LogP contribution is 2.45. The van der Waals surface area contributed by atoms with E-state index in [9.17, 15) is 24.3 Å². The average Bonchev–Trinajstić information content (AvgIpc) is 3.27. The first-order chi connectivity index (χ1) is 21.9. The van der Waals surface area contributed by atoms with Gasteiger partial charge >= 0.3 is 24.1 Å². The van der Waals surface area contributed by atoms with Crippen molar-refractivity contribution in [2.45, 2.75) is 70.6 Å². The van der Waals surface area contributed by atoms with Crippen LogP contribution in [0, 0.1) is 0 Å². The maximum absolute atomic E-state index is 14.4. The lowest BCUT2D eigenvalue weighted by Gasteiger charge is -2.38. The summed E-state index contributed by atoms with van der Waals surface area (Å²) >= 11 is 0. The summed E-state index contributed by atoms with van der Waals surface area (Å²) in [7, 11) is 0. The van der Waals surface area contributed by atoms with Crippen molar-refractivity contribution >= 4 is 35.8 Å². The Morgan fingerprint density at radius 3 is 1.66 bits per heavy atom. The number of aliphatic imine (C=N–C) groups is 1. The summed E-state index contributed by atoms with van der Waals surface area (Å²) in [5, 5.41) is 10.9. The van der Waals surface area contributed by atoms with E-state index in [1.807, 2.05) is 48.5 Å². The standard InChI is InChI=1S/C35H40N4O8/c1-33(2,3)46-31(43)39(32(44)47-34(4,5)6)35(28(40)41,19-21-15-17-22(18-16-21)38-30(36)37)29(42)45-20-27-25-13-9-7-11-23(25)24-12-8-10-14-26(24)27/h7-18,27H,19-20H2,1-6H3,(H,40,41)(H4,36,37,38)/t35-/m0/s1. The normalized spacial score (nSPS) is 13.7. The van der Waals surface area contributed by atoms with E-state index in [4.69, 9.17) is 25.7 Å². The molecule has 0 radical (unpaired) electrons. The second-order valence-corrected chi connectivity index (χ2v) is 13.2. The zero-order valence-corrected chi connectivity index (χ0v) is 27.3. The Bertz CT molecular complexity index is 1630. The van der Waals surface area contributed by atoms with Gasteiger partial charge < -0.3 is 30.8 Å². The number of amides is 2. The number of esters is 1. The van der Waals surface area contributed by atoms with Crippen LogP contribution in [0.25, 0.3) is 11.1 Å². The number of ether oxygens (including phenoxy) is 3. The summed E-state index contributed by atoms with van der Waals surface area (Å²) < 4.78 is 16.8. The topological polar surface area (TPSA) is 184 Å². The summed E-state index contributed by atoms with van der Waals surface area (Å²) in [5.41, 5.74) is 9.92. The van der Waals surface area contributed by atoms with E-state index in [2.05, 4.69) is 4.99 Å². The van der Waals surface area contributed by atoms with Gasteiger partial charge in [0.2, 0.25) is 0 Å². The number of hydrogen-bond donors (Lipinski definition) is 3. The summed E-state index contributed by atoms with van der Waals surface area (Å²) in [6.45, 7) is 8.95. The van der Waals surface area contributed by atoms with Gasteiger partial charge in [-0.15, -0.1) is 0 Å². The van der Waals surface area contributed by atoms with Gasteiger partial charge in [0.1, 0.15) is 17.8 Å². The van der Waals surface area contributed by atoms with Gasteiger partial charge in [-0.05, 0) is 81.5 Å². The molecule has 1 aliphatic rings. The molecule has 2 amide bonds. The molecule has 0 aromatic heterocycles. The first-order valence-electron chi connectivity index (χ1n) is 15.0. The third kappa shape index (κ3) is 7.71. The fraction of sp³-hybridized carbons (Fsp3) is 0.343. The monoisotopic (exact) mass is 644 g/mol. The minimum Gasteiger partial charge on any atom is -0.479 e. The number of rotatable bonds is 8. The summed E-state index contributed by atoms with van der Waals surface area (Å²) in [6, 6.07) is 21.2. The van der Waals surface area contributed by atoms with Crippen LogP contribution < -0.4 is 11.5 Å². The smallest absolute Gasteiger partial charge is 0.421 e. The Morgan fingerprint density at radius 1 is 0.766 bits per heavy atom. The lowest BCUT2D eigenvalue weighted by atomic mass is 9.88. The minimum atomic E-state index is -2.96. The summed E-state index contributed by atoms with van der Waals surface area (Å²) in [6.07, 6.45) is -3.50. The Labute approximate surface area is 273 Å². The van der Waals surface area contributed by atoms with Crippen LogP contribution in [0.1, 0.15) is 64.2 Å². The molecule has 1 atom stereocenters. The molecule has 3 aromatic rings. The maximum Gasteiger partial charge on any atom is 0.421 e. The van der Waals surface area contributed by atoms with Crippen molar-refractivity contribution in [2.24, 2.45) is 16.5 Å². The Hall–Kier alpha value is -5.39. The van der Waals surface area contributed by atoms with Crippen LogP contribution in [0.4, 0.5) is 15.3 Å². The molecule has 248 valence electrons. The highest BCUT2D eigenvalue weighted by Gasteiger charge is 2.60. The first-order valence-corrected chi connectivity index (χ1v) is 15.0. The van der Waals surface area contributed by atoms with Crippen molar-refractivity contribution in [3.8, 4) is 11.1 Å². The van der Waals surface area contributed by atoms with E-state index < -0.39 is 53.2 Å². The number of carbonyl (C=O) groups is 4. The van der Waals surface area contributed by atoms with Gasteiger partial charge in [0.15, 0.2) is 5.96 Å². The van der Waals surface area contributed by atoms with Gasteiger partial charge in [0.25, 0.3) is 5.54 Å². The molecule has 4 rings (SSSR count). The molecule has 5 N–H and O–H groups in total. The SMILES string of the molecule is CC(C)(C)OC(=O)N(C(=O)OC(C)(C)C)[C@@](Cc1ccc(N=C(N)N)cc1)(C(=O)O)C(=O)OCC1c2ccccc2-c2ccccc21. The van der Waals surface area contributed by atoms with Crippen LogP contribution >= 0.6 is 0 Å². The molecule has 0 saturated heterocycles. The number of guanidine groups is 1. The molecule has 1 aliphatic carbocycles. The third-order valence-corrected chi connectivity index (χ3v) is 7.22. The number of fused-ring (bicyclic) bond motifs is 3. The number of aliphatic carboxylic acids is 1. The summed E-state index contributed by atoms with van der Waals surface area (Å²) in [5.74, 6) is -3.83. The van der Waals surface area contributed by atoms with E-state index >= 15 is 0 Å². The molecule has 3 aromatic carbocycles. The zero-order chi connectivity index (χ0) is 34.7. The largest absolute Gasteiger partial charge is 0.479 e. The number of nitrogens with two attached hydrogens (primary N) is 2.